The molecule has 0 bridgehead atoms. The molecule has 2 N–H and O–H groups in total. The SMILES string of the molecule is CC(O)C1CCN(c2nc3ccccc3cc2CO)CC1. The Kier molecular flexibility index (Phi) is 4.08. The Balaban J connectivity index is 1.89. The molecule has 112 valence electrons. The molecular formula is C17H22N2O2. The number of hydrogen-bond acceptors (Lipinski definition) is 4. The maximum Gasteiger partial charge on any atom is 0.134 e. The molecule has 0 aliphatic carbocycles. The summed E-state index contributed by atoms with van der Waals surface area (Å²) in [5.41, 5.74) is 1.84. The molecule has 1 saturated heterocycles. The Morgan fingerprint density at radius 1 is 1.29 bits per heavy atom. The number of nitrogens with zero attached hydrogens (tertiary/aromatic N) is 2. The van der Waals surface area contributed by atoms with Crippen LogP contribution >= 0.6 is 0 Å². The monoisotopic (exact) mass is 286 g/mol. The molecule has 1 fully saturated rings. The standard InChI is InChI=1S/C17H22N2O2/c1-12(21)13-6-8-19(9-7-13)17-15(11-20)10-14-4-2-3-5-16(14)18-17/h2-5,10,12-13,20-21H,6-9,11H2,1H3. The number of hydrogen-bond donors (Lipinski definition) is 2. The largest absolute Gasteiger partial charge is 0.393 e. The van der Waals surface area contributed by atoms with Gasteiger partial charge in [0.25, 0.3) is 0 Å². The summed E-state index contributed by atoms with van der Waals surface area (Å²) in [7, 11) is 0. The summed E-state index contributed by atoms with van der Waals surface area (Å²) in [6, 6.07) is 10.0. The van der Waals surface area contributed by atoms with Crippen LogP contribution in [0.3, 0.4) is 0 Å². The van der Waals surface area contributed by atoms with Crippen molar-refractivity contribution < 1.29 is 10.2 Å². The van der Waals surface area contributed by atoms with Crippen molar-refractivity contribution in [1.82, 2.24) is 4.98 Å². The van der Waals surface area contributed by atoms with Crippen LogP contribution in [0.5, 0.6) is 0 Å². The number of pyridine rings is 1. The second-order valence-corrected chi connectivity index (χ2v) is 5.89. The lowest BCUT2D eigenvalue weighted by Crippen LogP contribution is -2.38. The van der Waals surface area contributed by atoms with Crippen LogP contribution < -0.4 is 4.90 Å². The second-order valence-electron chi connectivity index (χ2n) is 5.89. The molecule has 0 radical (unpaired) electrons. The minimum atomic E-state index is -0.242. The normalized spacial score (nSPS) is 18.1. The van der Waals surface area contributed by atoms with Gasteiger partial charge in [-0.3, -0.25) is 0 Å². The lowest BCUT2D eigenvalue weighted by Gasteiger charge is -2.35. The number of aliphatic hydroxyl groups excluding tert-OH is 2. The molecule has 1 unspecified atom stereocenters. The molecule has 4 nitrogen and oxygen atoms in total. The number of anilines is 1. The summed E-state index contributed by atoms with van der Waals surface area (Å²) in [6.07, 6.45) is 1.70. The zero-order valence-corrected chi connectivity index (χ0v) is 12.4. The highest BCUT2D eigenvalue weighted by molar-refractivity contribution is 5.81. The van der Waals surface area contributed by atoms with Gasteiger partial charge in [-0.05, 0) is 37.8 Å². The fraction of sp³-hybridized carbons (Fsp3) is 0.471. The maximum atomic E-state index is 9.70. The predicted molar refractivity (Wildman–Crippen MR) is 84.3 cm³/mol. The van der Waals surface area contributed by atoms with Crippen molar-refractivity contribution in [3.63, 3.8) is 0 Å². The Morgan fingerprint density at radius 2 is 2.00 bits per heavy atom. The number of piperidine rings is 1. The van der Waals surface area contributed by atoms with Gasteiger partial charge in [-0.25, -0.2) is 4.98 Å². The molecule has 0 spiro atoms. The van der Waals surface area contributed by atoms with E-state index in [0.717, 1.165) is 48.2 Å². The Labute approximate surface area is 125 Å². The van der Waals surface area contributed by atoms with E-state index in [9.17, 15) is 10.2 Å². The van der Waals surface area contributed by atoms with Crippen molar-refractivity contribution in [2.24, 2.45) is 5.92 Å². The van der Waals surface area contributed by atoms with E-state index in [1.807, 2.05) is 37.3 Å². The number of aliphatic hydroxyl groups is 2. The van der Waals surface area contributed by atoms with Crippen LogP contribution in [0.1, 0.15) is 25.3 Å². The van der Waals surface area contributed by atoms with Crippen LogP contribution in [-0.4, -0.2) is 34.4 Å². The minimum Gasteiger partial charge on any atom is -0.393 e. The first kappa shape index (κ1) is 14.3. The van der Waals surface area contributed by atoms with Gasteiger partial charge in [-0.15, -0.1) is 0 Å². The summed E-state index contributed by atoms with van der Waals surface area (Å²) < 4.78 is 0. The summed E-state index contributed by atoms with van der Waals surface area (Å²) in [5, 5.41) is 20.4. The van der Waals surface area contributed by atoms with Gasteiger partial charge >= 0.3 is 0 Å². The Bertz CT molecular complexity index is 619. The van der Waals surface area contributed by atoms with Gasteiger partial charge in [-0.2, -0.15) is 0 Å². The van der Waals surface area contributed by atoms with Crippen molar-refractivity contribution in [3.8, 4) is 0 Å². The highest BCUT2D eigenvalue weighted by atomic mass is 16.3. The van der Waals surface area contributed by atoms with E-state index in [-0.39, 0.29) is 12.7 Å². The van der Waals surface area contributed by atoms with Gasteiger partial charge in [0.15, 0.2) is 0 Å². The highest BCUT2D eigenvalue weighted by Gasteiger charge is 2.24. The number of para-hydroxylation sites is 1. The van der Waals surface area contributed by atoms with Crippen LogP contribution in [0.4, 0.5) is 5.82 Å². The minimum absolute atomic E-state index is 0.00347. The van der Waals surface area contributed by atoms with Crippen molar-refractivity contribution >= 4 is 16.7 Å². The lowest BCUT2D eigenvalue weighted by molar-refractivity contribution is 0.109. The molecule has 2 heterocycles. The number of aromatic nitrogens is 1. The van der Waals surface area contributed by atoms with Crippen molar-refractivity contribution in [1.29, 1.82) is 0 Å². The number of rotatable bonds is 3. The smallest absolute Gasteiger partial charge is 0.134 e. The molecule has 0 amide bonds. The third-order valence-electron chi connectivity index (χ3n) is 4.47. The summed E-state index contributed by atoms with van der Waals surface area (Å²) in [5.74, 6) is 1.26. The molecule has 4 heteroatoms. The first-order valence-corrected chi connectivity index (χ1v) is 7.61. The molecule has 2 aromatic rings. The van der Waals surface area contributed by atoms with Gasteiger partial charge in [0.05, 0.1) is 18.2 Å². The van der Waals surface area contributed by atoms with Gasteiger partial charge in [0, 0.05) is 24.0 Å². The number of benzene rings is 1. The average Bonchev–Trinajstić information content (AvgIpc) is 2.53. The van der Waals surface area contributed by atoms with Crippen molar-refractivity contribution in [3.05, 3.63) is 35.9 Å². The fourth-order valence-corrected chi connectivity index (χ4v) is 3.13. The van der Waals surface area contributed by atoms with E-state index < -0.39 is 0 Å². The summed E-state index contributed by atoms with van der Waals surface area (Å²) in [6.45, 7) is 3.64. The van der Waals surface area contributed by atoms with Gasteiger partial charge < -0.3 is 15.1 Å². The highest BCUT2D eigenvalue weighted by Crippen LogP contribution is 2.28. The summed E-state index contributed by atoms with van der Waals surface area (Å²) >= 11 is 0. The van der Waals surface area contributed by atoms with E-state index in [1.54, 1.807) is 0 Å². The van der Waals surface area contributed by atoms with Gasteiger partial charge in [-0.1, -0.05) is 18.2 Å². The Hall–Kier alpha value is -1.65. The van der Waals surface area contributed by atoms with Crippen LogP contribution in [0.25, 0.3) is 10.9 Å². The van der Waals surface area contributed by atoms with E-state index in [4.69, 9.17) is 4.98 Å². The fourth-order valence-electron chi connectivity index (χ4n) is 3.13. The van der Waals surface area contributed by atoms with E-state index in [0.29, 0.717) is 5.92 Å². The van der Waals surface area contributed by atoms with E-state index in [2.05, 4.69) is 4.90 Å². The molecule has 0 saturated carbocycles. The molecule has 3 rings (SSSR count). The van der Waals surface area contributed by atoms with Crippen LogP contribution in [-0.2, 0) is 6.61 Å². The molecule has 1 aromatic carbocycles. The molecule has 1 aliphatic rings. The first-order chi connectivity index (χ1) is 10.2. The quantitative estimate of drug-likeness (QED) is 0.909. The molecule has 21 heavy (non-hydrogen) atoms. The van der Waals surface area contributed by atoms with Crippen LogP contribution in [0.15, 0.2) is 30.3 Å². The topological polar surface area (TPSA) is 56.6 Å². The van der Waals surface area contributed by atoms with Crippen LogP contribution in [0.2, 0.25) is 0 Å². The molecule has 1 atom stereocenters. The number of fused-ring (bicyclic) bond motifs is 1. The molecule has 1 aliphatic heterocycles. The maximum absolute atomic E-state index is 9.70. The molecular weight excluding hydrogens is 264 g/mol. The zero-order valence-electron chi connectivity index (χ0n) is 12.4. The predicted octanol–water partition coefficient (Wildman–Crippen LogP) is 2.32. The van der Waals surface area contributed by atoms with E-state index in [1.165, 1.54) is 0 Å². The first-order valence-electron chi connectivity index (χ1n) is 7.61. The van der Waals surface area contributed by atoms with Gasteiger partial charge in [0.2, 0.25) is 0 Å². The second kappa shape index (κ2) is 6.00. The molecule has 1 aromatic heterocycles. The van der Waals surface area contributed by atoms with Crippen LogP contribution in [0, 0.1) is 5.92 Å². The van der Waals surface area contributed by atoms with Crippen molar-refractivity contribution in [2.75, 3.05) is 18.0 Å². The lowest BCUT2D eigenvalue weighted by atomic mass is 9.92. The summed E-state index contributed by atoms with van der Waals surface area (Å²) in [4.78, 5) is 6.98. The zero-order chi connectivity index (χ0) is 14.8. The third kappa shape index (κ3) is 2.87. The van der Waals surface area contributed by atoms with Crippen molar-refractivity contribution in [2.45, 2.75) is 32.5 Å². The Morgan fingerprint density at radius 3 is 2.67 bits per heavy atom. The van der Waals surface area contributed by atoms with Gasteiger partial charge in [0.1, 0.15) is 5.82 Å². The van der Waals surface area contributed by atoms with E-state index >= 15 is 0 Å². The third-order valence-corrected chi connectivity index (χ3v) is 4.47. The average molecular weight is 286 g/mol.